The molecular weight excluding hydrogens is 274 g/mol. The summed E-state index contributed by atoms with van der Waals surface area (Å²) in [6.45, 7) is 4.21. The Kier molecular flexibility index (Phi) is 6.02. The Morgan fingerprint density at radius 2 is 2.05 bits per heavy atom. The van der Waals surface area contributed by atoms with Crippen molar-refractivity contribution in [2.75, 3.05) is 5.75 Å². The van der Waals surface area contributed by atoms with Gasteiger partial charge in [-0.1, -0.05) is 46.0 Å². The molecule has 1 unspecified atom stereocenters. The number of ether oxygens (including phenoxy) is 1. The molecule has 5 heteroatoms. The number of aliphatic hydroxyl groups is 1. The fourth-order valence-electron chi connectivity index (χ4n) is 3.18. The predicted octanol–water partition coefficient (Wildman–Crippen LogP) is 2.94. The number of alkyl carbamates (subject to hydrolysis) is 1. The van der Waals surface area contributed by atoms with E-state index < -0.39 is 6.10 Å². The molecule has 3 atom stereocenters. The maximum atomic E-state index is 11.5. The number of rotatable bonds is 6. The Morgan fingerprint density at radius 3 is 2.70 bits per heavy atom. The molecule has 2 aliphatic rings. The number of hydrogen-bond donors (Lipinski definition) is 2. The summed E-state index contributed by atoms with van der Waals surface area (Å²) in [5.41, 5.74) is 0. The highest BCUT2D eigenvalue weighted by Gasteiger charge is 2.40. The summed E-state index contributed by atoms with van der Waals surface area (Å²) in [4.78, 5) is 11.5. The standard InChI is InChI=1S/C15H27NO3S/c1-10(2)20-9-13(17)14-12(16-15(18)19-14)8-11-6-4-3-5-7-11/h10-14,17H,3-9H2,1-2H3,(H,16,18)/t12-,13?,14+/m0/s1. The Bertz CT molecular complexity index is 318. The molecule has 1 saturated carbocycles. The van der Waals surface area contributed by atoms with Crippen LogP contribution in [0.2, 0.25) is 0 Å². The first-order valence-electron chi connectivity index (χ1n) is 7.83. The molecule has 4 nitrogen and oxygen atoms in total. The van der Waals surface area contributed by atoms with Crippen LogP contribution in [0.25, 0.3) is 0 Å². The number of thioether (sulfide) groups is 1. The van der Waals surface area contributed by atoms with Crippen LogP contribution in [0.15, 0.2) is 0 Å². The molecule has 20 heavy (non-hydrogen) atoms. The van der Waals surface area contributed by atoms with Crippen molar-refractivity contribution in [1.82, 2.24) is 5.32 Å². The molecule has 1 amide bonds. The van der Waals surface area contributed by atoms with Crippen LogP contribution in [0.4, 0.5) is 4.79 Å². The van der Waals surface area contributed by atoms with Crippen molar-refractivity contribution >= 4 is 17.9 Å². The van der Waals surface area contributed by atoms with Crippen LogP contribution in [-0.4, -0.2) is 40.5 Å². The fourth-order valence-corrected chi connectivity index (χ4v) is 3.95. The van der Waals surface area contributed by atoms with Crippen molar-refractivity contribution in [3.8, 4) is 0 Å². The molecule has 2 N–H and O–H groups in total. The van der Waals surface area contributed by atoms with Crippen LogP contribution in [0.3, 0.4) is 0 Å². The molecule has 1 aliphatic heterocycles. The van der Waals surface area contributed by atoms with Crippen molar-refractivity contribution in [3.05, 3.63) is 0 Å². The third-order valence-corrected chi connectivity index (χ3v) is 5.44. The highest BCUT2D eigenvalue weighted by Crippen LogP contribution is 2.30. The molecular formula is C15H27NO3S. The summed E-state index contributed by atoms with van der Waals surface area (Å²) in [6, 6.07) is -0.0200. The Morgan fingerprint density at radius 1 is 1.35 bits per heavy atom. The minimum atomic E-state index is -0.574. The van der Waals surface area contributed by atoms with E-state index in [1.807, 2.05) is 0 Å². The zero-order valence-corrected chi connectivity index (χ0v) is 13.3. The monoisotopic (exact) mass is 301 g/mol. The van der Waals surface area contributed by atoms with E-state index in [0.29, 0.717) is 16.9 Å². The number of cyclic esters (lactones) is 1. The summed E-state index contributed by atoms with van der Waals surface area (Å²) in [5, 5.41) is 13.6. The molecule has 1 saturated heterocycles. The lowest BCUT2D eigenvalue weighted by Gasteiger charge is -2.28. The van der Waals surface area contributed by atoms with Crippen LogP contribution in [-0.2, 0) is 4.74 Å². The molecule has 0 spiro atoms. The summed E-state index contributed by atoms with van der Waals surface area (Å²) in [5.74, 6) is 1.29. The van der Waals surface area contributed by atoms with Gasteiger partial charge in [0.05, 0.1) is 6.04 Å². The minimum absolute atomic E-state index is 0.0200. The van der Waals surface area contributed by atoms with Gasteiger partial charge in [0.15, 0.2) is 6.10 Å². The second kappa shape index (κ2) is 7.55. The van der Waals surface area contributed by atoms with E-state index in [0.717, 1.165) is 6.42 Å². The number of carbonyl (C=O) groups excluding carboxylic acids is 1. The van der Waals surface area contributed by atoms with Crippen LogP contribution in [0.1, 0.15) is 52.4 Å². The van der Waals surface area contributed by atoms with Gasteiger partial charge in [-0.05, 0) is 17.6 Å². The topological polar surface area (TPSA) is 58.6 Å². The Hall–Kier alpha value is -0.420. The van der Waals surface area contributed by atoms with Crippen LogP contribution < -0.4 is 5.32 Å². The van der Waals surface area contributed by atoms with E-state index in [4.69, 9.17) is 4.74 Å². The Labute approximate surface area is 126 Å². The summed E-state index contributed by atoms with van der Waals surface area (Å²) in [6.07, 6.45) is 6.04. The lowest BCUT2D eigenvalue weighted by Crippen LogP contribution is -2.42. The Balaban J connectivity index is 1.86. The third-order valence-electron chi connectivity index (χ3n) is 4.23. The first kappa shape index (κ1) is 16.0. The highest BCUT2D eigenvalue weighted by molar-refractivity contribution is 7.99. The molecule has 1 heterocycles. The van der Waals surface area contributed by atoms with Crippen LogP contribution in [0.5, 0.6) is 0 Å². The van der Waals surface area contributed by atoms with E-state index in [-0.39, 0.29) is 18.2 Å². The largest absolute Gasteiger partial charge is 0.441 e. The van der Waals surface area contributed by atoms with E-state index in [1.54, 1.807) is 11.8 Å². The van der Waals surface area contributed by atoms with Gasteiger partial charge in [-0.2, -0.15) is 11.8 Å². The fraction of sp³-hybridized carbons (Fsp3) is 0.933. The SMILES string of the molecule is CC(C)SCC(O)[C@@H]1OC(=O)N[C@H]1CC1CCCCC1. The van der Waals surface area contributed by atoms with Gasteiger partial charge < -0.3 is 15.2 Å². The van der Waals surface area contributed by atoms with Crippen LogP contribution >= 0.6 is 11.8 Å². The second-order valence-electron chi connectivity index (χ2n) is 6.31. The lowest BCUT2D eigenvalue weighted by atomic mass is 9.83. The zero-order valence-electron chi connectivity index (χ0n) is 12.5. The molecule has 0 aromatic carbocycles. The number of aliphatic hydroxyl groups excluding tert-OH is 1. The van der Waals surface area contributed by atoms with Gasteiger partial charge in [0.25, 0.3) is 0 Å². The maximum absolute atomic E-state index is 11.5. The average molecular weight is 301 g/mol. The average Bonchev–Trinajstić information content (AvgIpc) is 2.78. The highest BCUT2D eigenvalue weighted by atomic mass is 32.2. The first-order chi connectivity index (χ1) is 9.56. The van der Waals surface area contributed by atoms with Gasteiger partial charge >= 0.3 is 6.09 Å². The van der Waals surface area contributed by atoms with Crippen molar-refractivity contribution < 1.29 is 14.6 Å². The van der Waals surface area contributed by atoms with Gasteiger partial charge in [0, 0.05) is 5.75 Å². The number of amides is 1. The van der Waals surface area contributed by atoms with E-state index in [1.165, 1.54) is 32.1 Å². The van der Waals surface area contributed by atoms with Gasteiger partial charge in [-0.3, -0.25) is 0 Å². The predicted molar refractivity (Wildman–Crippen MR) is 82.0 cm³/mol. The zero-order chi connectivity index (χ0) is 14.5. The second-order valence-corrected chi connectivity index (χ2v) is 7.92. The summed E-state index contributed by atoms with van der Waals surface area (Å²) in [7, 11) is 0. The van der Waals surface area contributed by atoms with Gasteiger partial charge in [0.2, 0.25) is 0 Å². The van der Waals surface area contributed by atoms with Crippen molar-refractivity contribution in [3.63, 3.8) is 0 Å². The van der Waals surface area contributed by atoms with Crippen LogP contribution in [0, 0.1) is 5.92 Å². The number of nitrogens with one attached hydrogen (secondary N) is 1. The molecule has 0 aromatic heterocycles. The molecule has 1 aliphatic carbocycles. The first-order valence-corrected chi connectivity index (χ1v) is 8.88. The van der Waals surface area contributed by atoms with Crippen molar-refractivity contribution in [1.29, 1.82) is 0 Å². The molecule has 0 radical (unpaired) electrons. The molecule has 0 aromatic rings. The van der Waals surface area contributed by atoms with E-state index in [9.17, 15) is 9.90 Å². The lowest BCUT2D eigenvalue weighted by molar-refractivity contribution is 0.0277. The quantitative estimate of drug-likeness (QED) is 0.792. The van der Waals surface area contributed by atoms with Gasteiger partial charge in [-0.15, -0.1) is 0 Å². The van der Waals surface area contributed by atoms with E-state index >= 15 is 0 Å². The molecule has 116 valence electrons. The maximum Gasteiger partial charge on any atom is 0.407 e. The number of hydrogen-bond acceptors (Lipinski definition) is 4. The van der Waals surface area contributed by atoms with Gasteiger partial charge in [-0.25, -0.2) is 4.79 Å². The smallest absolute Gasteiger partial charge is 0.407 e. The molecule has 2 fully saturated rings. The normalized spacial score (nSPS) is 29.3. The number of carbonyl (C=O) groups is 1. The molecule has 0 bridgehead atoms. The van der Waals surface area contributed by atoms with Crippen molar-refractivity contribution in [2.45, 2.75) is 75.9 Å². The van der Waals surface area contributed by atoms with Crippen molar-refractivity contribution in [2.24, 2.45) is 5.92 Å². The van der Waals surface area contributed by atoms with Gasteiger partial charge in [0.1, 0.15) is 6.10 Å². The van der Waals surface area contributed by atoms with E-state index in [2.05, 4.69) is 19.2 Å². The third kappa shape index (κ3) is 4.55. The minimum Gasteiger partial charge on any atom is -0.441 e. The summed E-state index contributed by atoms with van der Waals surface area (Å²) >= 11 is 1.71. The molecule has 2 rings (SSSR count). The summed E-state index contributed by atoms with van der Waals surface area (Å²) < 4.78 is 5.30.